The number of aromatic nitrogens is 1. The second-order valence-electron chi connectivity index (χ2n) is 4.37. The fourth-order valence-electron chi connectivity index (χ4n) is 1.43. The Kier molecular flexibility index (Phi) is 3.65. The van der Waals surface area contributed by atoms with Gasteiger partial charge < -0.3 is 9.84 Å². The van der Waals surface area contributed by atoms with Gasteiger partial charge >= 0.3 is 5.97 Å². The number of aliphatic hydroxyl groups excluding tert-OH is 1. The van der Waals surface area contributed by atoms with Gasteiger partial charge in [0.25, 0.3) is 0 Å². The summed E-state index contributed by atoms with van der Waals surface area (Å²) < 4.78 is 4.53. The highest BCUT2D eigenvalue weighted by atomic mass is 16.5. The molecule has 1 N–H and O–H groups in total. The van der Waals surface area contributed by atoms with E-state index in [1.54, 1.807) is 20.0 Å². The summed E-state index contributed by atoms with van der Waals surface area (Å²) in [7, 11) is 1.26. The number of carbonyl (C=O) groups excluding carboxylic acids is 1. The molecule has 1 aromatic rings. The highest BCUT2D eigenvalue weighted by Crippen LogP contribution is 2.26. The van der Waals surface area contributed by atoms with Crippen LogP contribution in [-0.4, -0.2) is 29.3 Å². The van der Waals surface area contributed by atoms with Crippen LogP contribution in [0.2, 0.25) is 0 Å². The molecule has 1 aromatic heterocycles. The number of methoxy groups -OCH3 is 1. The van der Waals surface area contributed by atoms with Crippen LogP contribution in [0.1, 0.15) is 25.1 Å². The van der Waals surface area contributed by atoms with Crippen molar-refractivity contribution in [3.63, 3.8) is 0 Å². The van der Waals surface area contributed by atoms with Gasteiger partial charge in [-0.1, -0.05) is 13.8 Å². The van der Waals surface area contributed by atoms with Crippen molar-refractivity contribution in [3.8, 4) is 0 Å². The van der Waals surface area contributed by atoms with E-state index in [0.717, 1.165) is 5.56 Å². The predicted molar refractivity (Wildman–Crippen MR) is 60.0 cm³/mol. The van der Waals surface area contributed by atoms with Crippen molar-refractivity contribution in [2.24, 2.45) is 0 Å². The van der Waals surface area contributed by atoms with Gasteiger partial charge in [0, 0.05) is 17.3 Å². The second kappa shape index (κ2) is 4.61. The van der Waals surface area contributed by atoms with Crippen LogP contribution in [0.25, 0.3) is 0 Å². The third-order valence-electron chi connectivity index (χ3n) is 2.68. The first-order chi connectivity index (χ1) is 7.39. The quantitative estimate of drug-likeness (QED) is 0.782. The van der Waals surface area contributed by atoms with Gasteiger partial charge in [-0.15, -0.1) is 0 Å². The van der Waals surface area contributed by atoms with E-state index in [4.69, 9.17) is 0 Å². The molecule has 0 spiro atoms. The van der Waals surface area contributed by atoms with Crippen molar-refractivity contribution in [2.75, 3.05) is 7.11 Å². The van der Waals surface area contributed by atoms with E-state index in [0.29, 0.717) is 5.69 Å². The third-order valence-corrected chi connectivity index (χ3v) is 2.68. The summed E-state index contributed by atoms with van der Waals surface area (Å²) >= 11 is 0. The molecule has 0 aliphatic heterocycles. The molecule has 0 fully saturated rings. The van der Waals surface area contributed by atoms with Gasteiger partial charge in [0.05, 0.1) is 7.11 Å². The van der Waals surface area contributed by atoms with Crippen LogP contribution in [0, 0.1) is 6.92 Å². The molecule has 0 radical (unpaired) electrons. The summed E-state index contributed by atoms with van der Waals surface area (Å²) in [6, 6.07) is 3.72. The van der Waals surface area contributed by atoms with E-state index < -0.39 is 17.5 Å². The maximum Gasteiger partial charge on any atom is 0.335 e. The zero-order chi connectivity index (χ0) is 12.3. The van der Waals surface area contributed by atoms with E-state index in [9.17, 15) is 9.90 Å². The van der Waals surface area contributed by atoms with Crippen molar-refractivity contribution in [1.29, 1.82) is 0 Å². The molecule has 4 heteroatoms. The molecule has 0 bridgehead atoms. The Morgan fingerprint density at radius 1 is 1.56 bits per heavy atom. The van der Waals surface area contributed by atoms with Gasteiger partial charge in [-0.05, 0) is 24.6 Å². The van der Waals surface area contributed by atoms with Crippen LogP contribution in [0.3, 0.4) is 0 Å². The van der Waals surface area contributed by atoms with Gasteiger partial charge in [0.15, 0.2) is 6.10 Å². The molecule has 0 aliphatic rings. The zero-order valence-electron chi connectivity index (χ0n) is 10.0. The molecule has 88 valence electrons. The first kappa shape index (κ1) is 12.6. The summed E-state index contributed by atoms with van der Waals surface area (Å²) in [6.45, 7) is 5.46. The predicted octanol–water partition coefficient (Wildman–Crippen LogP) is 1.20. The molecular formula is C12H17NO3. The molecule has 1 rings (SSSR count). The molecule has 0 saturated heterocycles. The number of aliphatic hydroxyl groups is 1. The highest BCUT2D eigenvalue weighted by molar-refractivity contribution is 5.76. The Labute approximate surface area is 95.3 Å². The lowest BCUT2D eigenvalue weighted by atomic mass is 9.82. The number of pyridine rings is 1. The summed E-state index contributed by atoms with van der Waals surface area (Å²) in [5, 5.41) is 9.88. The van der Waals surface area contributed by atoms with Gasteiger partial charge in [-0.3, -0.25) is 4.98 Å². The van der Waals surface area contributed by atoms with Gasteiger partial charge in [-0.25, -0.2) is 4.79 Å². The number of ether oxygens (including phenoxy) is 1. The van der Waals surface area contributed by atoms with Crippen molar-refractivity contribution in [3.05, 3.63) is 29.6 Å². The number of hydrogen-bond acceptors (Lipinski definition) is 4. The largest absolute Gasteiger partial charge is 0.467 e. The standard InChI is InChI=1S/C12H17NO3/c1-8-5-6-13-9(7-8)12(2,3)10(14)11(15)16-4/h5-7,10,14H,1-4H3. The molecule has 0 amide bonds. The Balaban J connectivity index is 3.05. The smallest absolute Gasteiger partial charge is 0.335 e. The molecule has 0 aromatic carbocycles. The van der Waals surface area contributed by atoms with Crippen LogP contribution in [-0.2, 0) is 14.9 Å². The number of carbonyl (C=O) groups is 1. The Hall–Kier alpha value is -1.42. The summed E-state index contributed by atoms with van der Waals surface area (Å²) in [6.07, 6.45) is 0.447. The SMILES string of the molecule is COC(=O)C(O)C(C)(C)c1cc(C)ccn1. The monoisotopic (exact) mass is 223 g/mol. The lowest BCUT2D eigenvalue weighted by Gasteiger charge is -2.28. The summed E-state index contributed by atoms with van der Waals surface area (Å²) in [5.41, 5.74) is 0.944. The van der Waals surface area contributed by atoms with Crippen LogP contribution in [0.5, 0.6) is 0 Å². The van der Waals surface area contributed by atoms with Crippen molar-refractivity contribution in [2.45, 2.75) is 32.3 Å². The minimum absolute atomic E-state index is 0.645. The Morgan fingerprint density at radius 3 is 2.69 bits per heavy atom. The van der Waals surface area contributed by atoms with Crippen LogP contribution >= 0.6 is 0 Å². The topological polar surface area (TPSA) is 59.4 Å². The minimum atomic E-state index is -1.22. The normalized spacial score (nSPS) is 13.3. The molecule has 4 nitrogen and oxygen atoms in total. The average molecular weight is 223 g/mol. The minimum Gasteiger partial charge on any atom is -0.467 e. The summed E-state index contributed by atoms with van der Waals surface area (Å²) in [5.74, 6) is -0.645. The van der Waals surface area contributed by atoms with E-state index >= 15 is 0 Å². The molecule has 1 unspecified atom stereocenters. The number of nitrogens with zero attached hydrogens (tertiary/aromatic N) is 1. The fourth-order valence-corrected chi connectivity index (χ4v) is 1.43. The number of aryl methyl sites for hydroxylation is 1. The maximum atomic E-state index is 11.3. The van der Waals surface area contributed by atoms with E-state index in [1.807, 2.05) is 19.1 Å². The second-order valence-corrected chi connectivity index (χ2v) is 4.37. The lowest BCUT2D eigenvalue weighted by molar-refractivity contribution is -0.154. The third kappa shape index (κ3) is 2.39. The van der Waals surface area contributed by atoms with Crippen molar-refractivity contribution < 1.29 is 14.6 Å². The van der Waals surface area contributed by atoms with Crippen LogP contribution < -0.4 is 0 Å². The molecule has 0 saturated carbocycles. The lowest BCUT2D eigenvalue weighted by Crippen LogP contribution is -2.41. The molecule has 1 heterocycles. The van der Waals surface area contributed by atoms with Crippen LogP contribution in [0.4, 0.5) is 0 Å². The van der Waals surface area contributed by atoms with Gasteiger partial charge in [0.2, 0.25) is 0 Å². The maximum absolute atomic E-state index is 11.3. The Morgan fingerprint density at radius 2 is 2.19 bits per heavy atom. The molecule has 16 heavy (non-hydrogen) atoms. The van der Waals surface area contributed by atoms with E-state index in [-0.39, 0.29) is 0 Å². The van der Waals surface area contributed by atoms with E-state index in [1.165, 1.54) is 7.11 Å². The van der Waals surface area contributed by atoms with Crippen LogP contribution in [0.15, 0.2) is 18.3 Å². The number of rotatable bonds is 3. The number of esters is 1. The average Bonchev–Trinajstić information content (AvgIpc) is 2.27. The fraction of sp³-hybridized carbons (Fsp3) is 0.500. The van der Waals surface area contributed by atoms with Gasteiger partial charge in [-0.2, -0.15) is 0 Å². The molecule has 0 aliphatic carbocycles. The number of hydrogen-bond donors (Lipinski definition) is 1. The molecule has 1 atom stereocenters. The first-order valence-electron chi connectivity index (χ1n) is 5.08. The highest BCUT2D eigenvalue weighted by Gasteiger charge is 2.37. The first-order valence-corrected chi connectivity index (χ1v) is 5.08. The Bertz CT molecular complexity index is 388. The zero-order valence-corrected chi connectivity index (χ0v) is 10.0. The van der Waals surface area contributed by atoms with Crippen molar-refractivity contribution >= 4 is 5.97 Å². The van der Waals surface area contributed by atoms with E-state index in [2.05, 4.69) is 9.72 Å². The summed E-state index contributed by atoms with van der Waals surface area (Å²) in [4.78, 5) is 15.5. The molecular weight excluding hydrogens is 206 g/mol. The van der Waals surface area contributed by atoms with Crippen molar-refractivity contribution in [1.82, 2.24) is 4.98 Å². The van der Waals surface area contributed by atoms with Gasteiger partial charge in [0.1, 0.15) is 0 Å².